The van der Waals surface area contributed by atoms with Crippen molar-refractivity contribution in [2.24, 2.45) is 0 Å². The average molecular weight is 435 g/mol. The van der Waals surface area contributed by atoms with Gasteiger partial charge >= 0.3 is 12.4 Å². The molecule has 0 aliphatic carbocycles. The van der Waals surface area contributed by atoms with Gasteiger partial charge in [-0.1, -0.05) is 12.1 Å². The summed E-state index contributed by atoms with van der Waals surface area (Å²) in [7, 11) is 0. The molecule has 158 valence electrons. The van der Waals surface area contributed by atoms with Gasteiger partial charge in [-0.05, 0) is 62.8 Å². The van der Waals surface area contributed by atoms with Crippen molar-refractivity contribution in [3.63, 3.8) is 0 Å². The summed E-state index contributed by atoms with van der Waals surface area (Å²) < 4.78 is 79.0. The van der Waals surface area contributed by atoms with Gasteiger partial charge in [0.1, 0.15) is 0 Å². The number of thiocarbonyl (C=S) groups is 1. The molecule has 29 heavy (non-hydrogen) atoms. The predicted molar refractivity (Wildman–Crippen MR) is 101 cm³/mol. The molecule has 2 aromatic rings. The molecule has 0 spiro atoms. The fourth-order valence-electron chi connectivity index (χ4n) is 2.57. The maximum Gasteiger partial charge on any atom is 0.418 e. The number of pyridine rings is 1. The molecular weight excluding hydrogens is 416 g/mol. The second-order valence-corrected chi connectivity index (χ2v) is 7.74. The smallest absolute Gasteiger partial charge is 0.358 e. The molecule has 1 unspecified atom stereocenters. The van der Waals surface area contributed by atoms with Crippen LogP contribution >= 0.6 is 12.2 Å². The predicted octanol–water partition coefficient (Wildman–Crippen LogP) is 5.47. The lowest BCUT2D eigenvalue weighted by atomic mass is 9.98. The highest BCUT2D eigenvalue weighted by Gasteiger charge is 2.37. The average Bonchev–Trinajstić information content (AvgIpc) is 2.57. The molecule has 1 aromatic heterocycles. The zero-order chi connectivity index (χ0) is 22.0. The number of alkyl halides is 6. The first kappa shape index (κ1) is 22.9. The molecule has 3 nitrogen and oxygen atoms in total. The van der Waals surface area contributed by atoms with E-state index < -0.39 is 40.8 Å². The quantitative estimate of drug-likeness (QED) is 0.495. The molecule has 0 saturated heterocycles. The normalized spacial score (nSPS) is 13.7. The van der Waals surface area contributed by atoms with E-state index in [1.165, 1.54) is 6.20 Å². The van der Waals surface area contributed by atoms with E-state index in [1.807, 2.05) is 0 Å². The third-order valence-corrected chi connectivity index (χ3v) is 3.97. The van der Waals surface area contributed by atoms with Gasteiger partial charge in [0.15, 0.2) is 5.11 Å². The lowest BCUT2D eigenvalue weighted by molar-refractivity contribution is -0.139. The summed E-state index contributed by atoms with van der Waals surface area (Å²) >= 11 is 5.19. The number of nitrogens with zero attached hydrogens (tertiary/aromatic N) is 1. The van der Waals surface area contributed by atoms with Crippen molar-refractivity contribution in [2.45, 2.75) is 44.7 Å². The maximum atomic E-state index is 13.5. The summed E-state index contributed by atoms with van der Waals surface area (Å²) in [6.45, 7) is 5.40. The first-order valence-corrected chi connectivity index (χ1v) is 8.87. The van der Waals surface area contributed by atoms with Crippen molar-refractivity contribution < 1.29 is 26.3 Å². The Morgan fingerprint density at radius 1 is 0.931 bits per heavy atom. The van der Waals surface area contributed by atoms with E-state index in [9.17, 15) is 26.3 Å². The Kier molecular flexibility index (Phi) is 6.46. The highest BCUT2D eigenvalue weighted by Crippen LogP contribution is 2.36. The maximum absolute atomic E-state index is 13.5. The van der Waals surface area contributed by atoms with Crippen LogP contribution in [0.1, 0.15) is 49.2 Å². The number of aromatic nitrogens is 1. The molecule has 10 heteroatoms. The Balaban J connectivity index is 2.52. The van der Waals surface area contributed by atoms with Crippen LogP contribution in [0, 0.1) is 0 Å². The minimum atomic E-state index is -4.70. The van der Waals surface area contributed by atoms with Gasteiger partial charge in [0.25, 0.3) is 0 Å². The number of hydrogen-bond donors (Lipinski definition) is 2. The Morgan fingerprint density at radius 2 is 1.52 bits per heavy atom. The SMILES string of the molecule is CC(C)(C)NC(=S)NC(c1ccc(C(F)(F)F)cc1)c1ncccc1C(F)(F)F. The molecule has 0 aliphatic heterocycles. The van der Waals surface area contributed by atoms with Gasteiger partial charge in [0.2, 0.25) is 0 Å². The zero-order valence-electron chi connectivity index (χ0n) is 15.7. The summed E-state index contributed by atoms with van der Waals surface area (Å²) in [4.78, 5) is 3.85. The number of rotatable bonds is 3. The van der Waals surface area contributed by atoms with Gasteiger partial charge in [-0.2, -0.15) is 26.3 Å². The molecule has 1 aromatic carbocycles. The van der Waals surface area contributed by atoms with Crippen LogP contribution in [0.5, 0.6) is 0 Å². The van der Waals surface area contributed by atoms with Crippen LogP contribution in [0.15, 0.2) is 42.6 Å². The molecule has 0 amide bonds. The molecule has 0 fully saturated rings. The fourth-order valence-corrected chi connectivity index (χ4v) is 2.99. The first-order valence-electron chi connectivity index (χ1n) is 8.46. The number of hydrogen-bond acceptors (Lipinski definition) is 2. The third kappa shape index (κ3) is 6.31. The van der Waals surface area contributed by atoms with Gasteiger partial charge in [-0.15, -0.1) is 0 Å². The topological polar surface area (TPSA) is 37.0 Å². The van der Waals surface area contributed by atoms with Crippen LogP contribution in [0.25, 0.3) is 0 Å². The Hall–Kier alpha value is -2.36. The molecule has 0 radical (unpaired) electrons. The van der Waals surface area contributed by atoms with Crippen LogP contribution < -0.4 is 10.6 Å². The minimum absolute atomic E-state index is 0.0428. The molecule has 1 heterocycles. The van der Waals surface area contributed by atoms with E-state index in [4.69, 9.17) is 12.2 Å². The van der Waals surface area contributed by atoms with Crippen LogP contribution in [0.2, 0.25) is 0 Å². The van der Waals surface area contributed by atoms with Crippen LogP contribution in [-0.2, 0) is 12.4 Å². The van der Waals surface area contributed by atoms with Gasteiger partial charge in [0, 0.05) is 11.7 Å². The molecule has 0 saturated carbocycles. The van der Waals surface area contributed by atoms with Gasteiger partial charge in [-0.25, -0.2) is 0 Å². The van der Waals surface area contributed by atoms with Crippen molar-refractivity contribution in [1.29, 1.82) is 0 Å². The third-order valence-electron chi connectivity index (χ3n) is 3.75. The van der Waals surface area contributed by atoms with E-state index in [2.05, 4.69) is 15.6 Å². The number of halogens is 6. The second kappa shape index (κ2) is 8.17. The summed E-state index contributed by atoms with van der Waals surface area (Å²) in [5, 5.41) is 5.71. The van der Waals surface area contributed by atoms with Crippen molar-refractivity contribution in [3.8, 4) is 0 Å². The van der Waals surface area contributed by atoms with Crippen molar-refractivity contribution >= 4 is 17.3 Å². The lowest BCUT2D eigenvalue weighted by Crippen LogP contribution is -2.47. The van der Waals surface area contributed by atoms with Gasteiger partial charge < -0.3 is 10.6 Å². The molecule has 2 rings (SSSR count). The molecule has 0 aliphatic rings. The molecule has 2 N–H and O–H groups in total. The summed E-state index contributed by atoms with van der Waals surface area (Å²) in [5.41, 5.74) is -2.63. The van der Waals surface area contributed by atoms with Crippen LogP contribution in [-0.4, -0.2) is 15.6 Å². The van der Waals surface area contributed by atoms with Gasteiger partial charge in [0.05, 0.1) is 22.9 Å². The first-order chi connectivity index (χ1) is 13.2. The Bertz CT molecular complexity index is 854. The summed E-state index contributed by atoms with van der Waals surface area (Å²) in [5.74, 6) is 0. The Morgan fingerprint density at radius 3 is 2.00 bits per heavy atom. The number of nitrogens with one attached hydrogen (secondary N) is 2. The fraction of sp³-hybridized carbons (Fsp3) is 0.368. The highest BCUT2D eigenvalue weighted by molar-refractivity contribution is 7.80. The minimum Gasteiger partial charge on any atom is -0.358 e. The van der Waals surface area contributed by atoms with E-state index in [0.29, 0.717) is 0 Å². The summed E-state index contributed by atoms with van der Waals surface area (Å²) in [6.07, 6.45) is -8.08. The standard InChI is InChI=1S/C19H19F6N3S/c1-17(2,3)28-16(29)27-14(11-6-8-12(9-7-11)18(20,21)22)15-13(19(23,24)25)5-4-10-26-15/h4-10,14H,1-3H3,(H2,27,28,29). The second-order valence-electron chi connectivity index (χ2n) is 7.34. The van der Waals surface area contributed by atoms with Crippen LogP contribution in [0.3, 0.4) is 0 Å². The highest BCUT2D eigenvalue weighted by atomic mass is 32.1. The van der Waals surface area contributed by atoms with E-state index >= 15 is 0 Å². The lowest BCUT2D eigenvalue weighted by Gasteiger charge is -2.28. The molecular formula is C19H19F6N3S. The van der Waals surface area contributed by atoms with E-state index in [1.54, 1.807) is 20.8 Å². The van der Waals surface area contributed by atoms with Crippen molar-refractivity contribution in [1.82, 2.24) is 15.6 Å². The van der Waals surface area contributed by atoms with Gasteiger partial charge in [-0.3, -0.25) is 4.98 Å². The zero-order valence-corrected chi connectivity index (χ0v) is 16.6. The van der Waals surface area contributed by atoms with E-state index in [-0.39, 0.29) is 10.7 Å². The number of benzene rings is 1. The largest absolute Gasteiger partial charge is 0.418 e. The van der Waals surface area contributed by atoms with E-state index in [0.717, 1.165) is 36.4 Å². The summed E-state index contributed by atoms with van der Waals surface area (Å²) in [6, 6.07) is 4.62. The van der Waals surface area contributed by atoms with Crippen molar-refractivity contribution in [3.05, 3.63) is 65.0 Å². The molecule has 0 bridgehead atoms. The van der Waals surface area contributed by atoms with Crippen molar-refractivity contribution in [2.75, 3.05) is 0 Å². The molecule has 1 atom stereocenters. The van der Waals surface area contributed by atoms with Crippen LogP contribution in [0.4, 0.5) is 26.3 Å². The monoisotopic (exact) mass is 435 g/mol. The Labute approximate surface area is 169 Å².